The number of non-ortho nitro benzene ring substituents is 1. The fraction of sp³-hybridized carbons (Fsp3) is 0. The highest BCUT2D eigenvalue weighted by molar-refractivity contribution is 5.93. The SMILES string of the molecule is O=[N+]([O-])c1ccc2[nH]nc(-c3cccc(F)n3)c2c1. The Bertz CT molecular complexity index is 784. The molecular weight excluding hydrogens is 251 g/mol. The highest BCUT2D eigenvalue weighted by Gasteiger charge is 2.14. The maximum absolute atomic E-state index is 13.1. The summed E-state index contributed by atoms with van der Waals surface area (Å²) in [4.78, 5) is 14.0. The predicted molar refractivity (Wildman–Crippen MR) is 65.9 cm³/mol. The van der Waals surface area contributed by atoms with E-state index in [1.807, 2.05) is 0 Å². The summed E-state index contributed by atoms with van der Waals surface area (Å²) in [6.07, 6.45) is 0. The highest BCUT2D eigenvalue weighted by Crippen LogP contribution is 2.27. The maximum Gasteiger partial charge on any atom is 0.270 e. The van der Waals surface area contributed by atoms with Gasteiger partial charge in [-0.05, 0) is 18.2 Å². The third kappa shape index (κ3) is 1.90. The van der Waals surface area contributed by atoms with Crippen LogP contribution in [0.3, 0.4) is 0 Å². The van der Waals surface area contributed by atoms with E-state index in [2.05, 4.69) is 15.2 Å². The van der Waals surface area contributed by atoms with Crippen LogP contribution in [0.1, 0.15) is 0 Å². The van der Waals surface area contributed by atoms with Crippen molar-refractivity contribution in [3.8, 4) is 11.4 Å². The number of rotatable bonds is 2. The summed E-state index contributed by atoms with van der Waals surface area (Å²) in [7, 11) is 0. The van der Waals surface area contributed by atoms with E-state index >= 15 is 0 Å². The van der Waals surface area contributed by atoms with Gasteiger partial charge in [0.1, 0.15) is 5.69 Å². The second-order valence-electron chi connectivity index (χ2n) is 3.90. The van der Waals surface area contributed by atoms with E-state index in [1.165, 1.54) is 24.3 Å². The van der Waals surface area contributed by atoms with Crippen molar-refractivity contribution in [2.45, 2.75) is 0 Å². The minimum Gasteiger partial charge on any atom is -0.277 e. The molecule has 0 spiro atoms. The second-order valence-corrected chi connectivity index (χ2v) is 3.90. The third-order valence-corrected chi connectivity index (χ3v) is 2.71. The fourth-order valence-corrected chi connectivity index (χ4v) is 1.85. The van der Waals surface area contributed by atoms with Gasteiger partial charge < -0.3 is 0 Å². The Morgan fingerprint density at radius 2 is 2.11 bits per heavy atom. The lowest BCUT2D eigenvalue weighted by Gasteiger charge is -1.97. The molecule has 3 rings (SSSR count). The number of hydrogen-bond acceptors (Lipinski definition) is 4. The van der Waals surface area contributed by atoms with Crippen molar-refractivity contribution in [3.05, 3.63) is 52.5 Å². The molecule has 2 heterocycles. The Morgan fingerprint density at radius 1 is 1.26 bits per heavy atom. The van der Waals surface area contributed by atoms with Gasteiger partial charge in [-0.2, -0.15) is 9.49 Å². The van der Waals surface area contributed by atoms with Gasteiger partial charge in [-0.3, -0.25) is 15.2 Å². The van der Waals surface area contributed by atoms with Crippen molar-refractivity contribution < 1.29 is 9.31 Å². The Kier molecular flexibility index (Phi) is 2.45. The van der Waals surface area contributed by atoms with Crippen LogP contribution in [0.4, 0.5) is 10.1 Å². The van der Waals surface area contributed by atoms with Gasteiger partial charge in [0.2, 0.25) is 5.95 Å². The van der Waals surface area contributed by atoms with E-state index in [1.54, 1.807) is 12.1 Å². The normalized spacial score (nSPS) is 10.8. The molecule has 0 saturated carbocycles. The molecule has 6 nitrogen and oxygen atoms in total. The van der Waals surface area contributed by atoms with Crippen LogP contribution in [0.15, 0.2) is 36.4 Å². The molecule has 7 heteroatoms. The molecule has 1 N–H and O–H groups in total. The number of nitro benzene ring substituents is 1. The summed E-state index contributed by atoms with van der Waals surface area (Å²) < 4.78 is 13.1. The van der Waals surface area contributed by atoms with E-state index in [-0.39, 0.29) is 5.69 Å². The van der Waals surface area contributed by atoms with Gasteiger partial charge in [-0.1, -0.05) is 6.07 Å². The molecule has 0 amide bonds. The highest BCUT2D eigenvalue weighted by atomic mass is 19.1. The molecule has 0 unspecified atom stereocenters. The van der Waals surface area contributed by atoms with Crippen LogP contribution in [0.25, 0.3) is 22.3 Å². The molecule has 0 atom stereocenters. The monoisotopic (exact) mass is 258 g/mol. The van der Waals surface area contributed by atoms with Crippen LogP contribution in [0, 0.1) is 16.1 Å². The number of fused-ring (bicyclic) bond motifs is 1. The average Bonchev–Trinajstić information content (AvgIpc) is 2.81. The molecule has 0 fully saturated rings. The van der Waals surface area contributed by atoms with E-state index in [9.17, 15) is 14.5 Å². The van der Waals surface area contributed by atoms with E-state index < -0.39 is 10.9 Å². The first-order valence-electron chi connectivity index (χ1n) is 5.40. The van der Waals surface area contributed by atoms with Crippen LogP contribution in [-0.4, -0.2) is 20.1 Å². The summed E-state index contributed by atoms with van der Waals surface area (Å²) in [6, 6.07) is 8.65. The number of hydrogen-bond donors (Lipinski definition) is 1. The van der Waals surface area contributed by atoms with Crippen molar-refractivity contribution in [2.24, 2.45) is 0 Å². The van der Waals surface area contributed by atoms with Crippen molar-refractivity contribution in [1.29, 1.82) is 0 Å². The van der Waals surface area contributed by atoms with Crippen LogP contribution in [0.2, 0.25) is 0 Å². The summed E-state index contributed by atoms with van der Waals surface area (Å²) in [5.74, 6) is -0.626. The quantitative estimate of drug-likeness (QED) is 0.435. The number of halogens is 1. The minimum atomic E-state index is -0.626. The number of nitro groups is 1. The van der Waals surface area contributed by atoms with E-state index in [0.717, 1.165) is 0 Å². The number of aromatic amines is 1. The first-order valence-corrected chi connectivity index (χ1v) is 5.40. The maximum atomic E-state index is 13.1. The standard InChI is InChI=1S/C12H7FN4O2/c13-11-3-1-2-10(14-11)12-8-6-7(17(18)19)4-5-9(8)15-16-12/h1-6H,(H,15,16). The van der Waals surface area contributed by atoms with Gasteiger partial charge >= 0.3 is 0 Å². The van der Waals surface area contributed by atoms with Crippen molar-refractivity contribution >= 4 is 16.6 Å². The third-order valence-electron chi connectivity index (χ3n) is 2.71. The van der Waals surface area contributed by atoms with Crippen molar-refractivity contribution in [3.63, 3.8) is 0 Å². The summed E-state index contributed by atoms with van der Waals surface area (Å²) in [5, 5.41) is 18.1. The lowest BCUT2D eigenvalue weighted by Crippen LogP contribution is -1.89. The number of benzene rings is 1. The number of H-pyrrole nitrogens is 1. The average molecular weight is 258 g/mol. The van der Waals surface area contributed by atoms with Crippen LogP contribution < -0.4 is 0 Å². The molecule has 0 aliphatic heterocycles. The van der Waals surface area contributed by atoms with Crippen molar-refractivity contribution in [1.82, 2.24) is 15.2 Å². The molecular formula is C12H7FN4O2. The van der Waals surface area contributed by atoms with Crippen LogP contribution in [-0.2, 0) is 0 Å². The molecule has 0 saturated heterocycles. The molecule has 0 aliphatic carbocycles. The Labute approximate surface area is 106 Å². The van der Waals surface area contributed by atoms with Crippen molar-refractivity contribution in [2.75, 3.05) is 0 Å². The summed E-state index contributed by atoms with van der Waals surface area (Å²) >= 11 is 0. The van der Waals surface area contributed by atoms with Gasteiger partial charge in [-0.15, -0.1) is 0 Å². The molecule has 0 aliphatic rings. The zero-order valence-electron chi connectivity index (χ0n) is 9.50. The number of nitrogens with one attached hydrogen (secondary N) is 1. The molecule has 2 aromatic heterocycles. The zero-order valence-corrected chi connectivity index (χ0v) is 9.50. The molecule has 19 heavy (non-hydrogen) atoms. The summed E-state index contributed by atoms with van der Waals surface area (Å²) in [6.45, 7) is 0. The topological polar surface area (TPSA) is 84.7 Å². The molecule has 1 aromatic carbocycles. The Morgan fingerprint density at radius 3 is 2.84 bits per heavy atom. The zero-order chi connectivity index (χ0) is 13.4. The summed E-state index contributed by atoms with van der Waals surface area (Å²) in [5.41, 5.74) is 1.29. The van der Waals surface area contributed by atoms with Gasteiger partial charge in [0.25, 0.3) is 5.69 Å². The first kappa shape index (κ1) is 11.3. The van der Waals surface area contributed by atoms with Gasteiger partial charge in [0.05, 0.1) is 16.1 Å². The Balaban J connectivity index is 2.24. The number of aromatic nitrogens is 3. The number of pyridine rings is 1. The molecule has 0 bridgehead atoms. The number of nitrogens with zero attached hydrogens (tertiary/aromatic N) is 3. The van der Waals surface area contributed by atoms with Crippen LogP contribution >= 0.6 is 0 Å². The predicted octanol–water partition coefficient (Wildman–Crippen LogP) is 2.67. The van der Waals surface area contributed by atoms with Crippen LogP contribution in [0.5, 0.6) is 0 Å². The van der Waals surface area contributed by atoms with Gasteiger partial charge in [0, 0.05) is 17.5 Å². The van der Waals surface area contributed by atoms with Gasteiger partial charge in [-0.25, -0.2) is 4.98 Å². The van der Waals surface area contributed by atoms with E-state index in [4.69, 9.17) is 0 Å². The smallest absolute Gasteiger partial charge is 0.270 e. The lowest BCUT2D eigenvalue weighted by atomic mass is 10.1. The molecule has 94 valence electrons. The second kappa shape index (κ2) is 4.13. The fourth-order valence-electron chi connectivity index (χ4n) is 1.85. The largest absolute Gasteiger partial charge is 0.277 e. The Hall–Kier alpha value is -2.83. The van der Waals surface area contributed by atoms with E-state index in [0.29, 0.717) is 22.3 Å². The minimum absolute atomic E-state index is 0.0495. The molecule has 3 aromatic rings. The first-order chi connectivity index (χ1) is 9.15. The molecule has 0 radical (unpaired) electrons. The lowest BCUT2D eigenvalue weighted by molar-refractivity contribution is -0.384. The van der Waals surface area contributed by atoms with Gasteiger partial charge in [0.15, 0.2) is 0 Å².